The molecular weight excluding hydrogens is 254 g/mol. The predicted octanol–water partition coefficient (Wildman–Crippen LogP) is 2.27. The number of hydrazine groups is 1. The van der Waals surface area contributed by atoms with E-state index in [0.29, 0.717) is 0 Å². The number of amides is 2. The van der Waals surface area contributed by atoms with Gasteiger partial charge < -0.3 is 10.4 Å². The van der Waals surface area contributed by atoms with Gasteiger partial charge in [0.25, 0.3) is 0 Å². The molecule has 0 aliphatic carbocycles. The van der Waals surface area contributed by atoms with Crippen LogP contribution in [0.3, 0.4) is 0 Å². The zero-order valence-corrected chi connectivity index (χ0v) is 13.2. The van der Waals surface area contributed by atoms with Gasteiger partial charge in [-0.25, -0.2) is 9.80 Å². The molecule has 2 amide bonds. The molecule has 112 valence electrons. The number of phenolic OH excluding ortho intramolecular Hbond substituents is 1. The Morgan fingerprint density at radius 1 is 1.30 bits per heavy atom. The molecule has 1 rings (SSSR count). The Morgan fingerprint density at radius 2 is 1.90 bits per heavy atom. The van der Waals surface area contributed by atoms with Crippen LogP contribution in [0.15, 0.2) is 12.1 Å². The summed E-state index contributed by atoms with van der Waals surface area (Å²) in [6, 6.07) is 3.58. The van der Waals surface area contributed by atoms with E-state index in [1.54, 1.807) is 19.1 Å². The largest absolute Gasteiger partial charge is 0.507 e. The number of aromatic hydroxyl groups is 1. The van der Waals surface area contributed by atoms with Crippen molar-refractivity contribution in [1.82, 2.24) is 15.8 Å². The van der Waals surface area contributed by atoms with Crippen LogP contribution in [0.1, 0.15) is 37.5 Å². The van der Waals surface area contributed by atoms with Crippen LogP contribution in [0.2, 0.25) is 0 Å². The second kappa shape index (κ2) is 6.13. The van der Waals surface area contributed by atoms with Gasteiger partial charge in [0.05, 0.1) is 0 Å². The monoisotopic (exact) mass is 279 g/mol. The van der Waals surface area contributed by atoms with E-state index in [4.69, 9.17) is 0 Å². The highest BCUT2D eigenvalue weighted by atomic mass is 16.3. The molecule has 20 heavy (non-hydrogen) atoms. The Morgan fingerprint density at radius 3 is 2.40 bits per heavy atom. The Bertz CT molecular complexity index is 491. The molecule has 3 N–H and O–H groups in total. The van der Waals surface area contributed by atoms with Crippen LogP contribution in [-0.2, 0) is 12.0 Å². The quantitative estimate of drug-likeness (QED) is 0.744. The van der Waals surface area contributed by atoms with Gasteiger partial charge in [0.2, 0.25) is 0 Å². The maximum absolute atomic E-state index is 11.6. The van der Waals surface area contributed by atoms with Crippen LogP contribution >= 0.6 is 0 Å². The molecule has 5 heteroatoms. The zero-order valence-electron chi connectivity index (χ0n) is 13.2. The van der Waals surface area contributed by atoms with Gasteiger partial charge in [-0.15, -0.1) is 0 Å². The summed E-state index contributed by atoms with van der Waals surface area (Å²) < 4.78 is 0. The van der Waals surface area contributed by atoms with E-state index in [0.717, 1.165) is 16.7 Å². The standard InChI is InChI=1S/C15H25N3O2/c1-10-7-11(9-16-14(20)17-18(5)6)13(19)12(8-10)15(2,3)4/h7-8,19H,9H2,1-6H3,(H2,16,17,20). The van der Waals surface area contributed by atoms with Crippen LogP contribution in [0.5, 0.6) is 5.75 Å². The number of phenols is 1. The number of urea groups is 1. The van der Waals surface area contributed by atoms with Crippen molar-refractivity contribution >= 4 is 6.03 Å². The highest BCUT2D eigenvalue weighted by Gasteiger charge is 2.20. The molecule has 0 fully saturated rings. The van der Waals surface area contributed by atoms with Crippen LogP contribution < -0.4 is 10.7 Å². The first-order valence-electron chi connectivity index (χ1n) is 6.66. The van der Waals surface area contributed by atoms with E-state index >= 15 is 0 Å². The molecule has 0 atom stereocenters. The predicted molar refractivity (Wildman–Crippen MR) is 80.6 cm³/mol. The van der Waals surface area contributed by atoms with Crippen molar-refractivity contribution in [2.75, 3.05) is 14.1 Å². The smallest absolute Gasteiger partial charge is 0.329 e. The summed E-state index contributed by atoms with van der Waals surface area (Å²) in [5, 5.41) is 14.6. The molecule has 0 radical (unpaired) electrons. The first-order valence-corrected chi connectivity index (χ1v) is 6.66. The summed E-state index contributed by atoms with van der Waals surface area (Å²) in [6.07, 6.45) is 0. The van der Waals surface area contributed by atoms with E-state index in [-0.39, 0.29) is 23.7 Å². The van der Waals surface area contributed by atoms with Gasteiger partial charge in [0.15, 0.2) is 0 Å². The fraction of sp³-hybridized carbons (Fsp3) is 0.533. The Labute approximate surface area is 121 Å². The van der Waals surface area contributed by atoms with Gasteiger partial charge in [0, 0.05) is 26.2 Å². The van der Waals surface area contributed by atoms with Crippen molar-refractivity contribution in [3.05, 3.63) is 28.8 Å². The van der Waals surface area contributed by atoms with Gasteiger partial charge >= 0.3 is 6.03 Å². The maximum atomic E-state index is 11.6. The molecule has 0 saturated carbocycles. The summed E-state index contributed by atoms with van der Waals surface area (Å²) >= 11 is 0. The number of hydrogen-bond acceptors (Lipinski definition) is 3. The van der Waals surface area contributed by atoms with Gasteiger partial charge in [-0.3, -0.25) is 5.43 Å². The fourth-order valence-corrected chi connectivity index (χ4v) is 1.98. The van der Waals surface area contributed by atoms with E-state index in [1.807, 2.05) is 19.1 Å². The number of carbonyl (C=O) groups excluding carboxylic acids is 1. The van der Waals surface area contributed by atoms with Crippen LogP contribution in [0.4, 0.5) is 4.79 Å². The molecule has 0 heterocycles. The van der Waals surface area contributed by atoms with Crippen molar-refractivity contribution in [3.8, 4) is 5.75 Å². The van der Waals surface area contributed by atoms with Gasteiger partial charge in [-0.2, -0.15) is 0 Å². The van der Waals surface area contributed by atoms with Gasteiger partial charge in [-0.1, -0.05) is 38.5 Å². The molecule has 1 aromatic rings. The highest BCUT2D eigenvalue weighted by molar-refractivity contribution is 5.73. The number of benzene rings is 1. The van der Waals surface area contributed by atoms with Crippen LogP contribution in [-0.4, -0.2) is 30.2 Å². The normalized spacial score (nSPS) is 11.6. The van der Waals surface area contributed by atoms with E-state index in [1.165, 1.54) is 0 Å². The first-order chi connectivity index (χ1) is 9.11. The lowest BCUT2D eigenvalue weighted by Crippen LogP contribution is -2.42. The lowest BCUT2D eigenvalue weighted by Gasteiger charge is -2.23. The summed E-state index contributed by atoms with van der Waals surface area (Å²) in [5.41, 5.74) is 5.14. The molecular formula is C15H25N3O2. The minimum absolute atomic E-state index is 0.142. The van der Waals surface area contributed by atoms with Gasteiger partial charge in [0.1, 0.15) is 5.75 Å². The molecule has 0 aliphatic rings. The molecule has 0 unspecified atom stereocenters. The zero-order chi connectivity index (χ0) is 15.5. The molecule has 0 bridgehead atoms. The number of rotatable bonds is 3. The van der Waals surface area contributed by atoms with Crippen LogP contribution in [0, 0.1) is 6.92 Å². The van der Waals surface area contributed by atoms with Crippen molar-refractivity contribution in [1.29, 1.82) is 0 Å². The van der Waals surface area contributed by atoms with Gasteiger partial charge in [-0.05, 0) is 17.9 Å². The van der Waals surface area contributed by atoms with E-state index in [9.17, 15) is 9.90 Å². The first kappa shape index (κ1) is 16.3. The highest BCUT2D eigenvalue weighted by Crippen LogP contribution is 2.34. The summed E-state index contributed by atoms with van der Waals surface area (Å²) in [5.74, 6) is 0.258. The second-order valence-electron chi connectivity index (χ2n) is 6.26. The molecule has 0 aliphatic heterocycles. The average molecular weight is 279 g/mol. The van der Waals surface area contributed by atoms with Crippen molar-refractivity contribution in [2.24, 2.45) is 0 Å². The number of nitrogens with one attached hydrogen (secondary N) is 2. The number of aryl methyl sites for hydroxylation is 1. The third kappa shape index (κ3) is 4.42. The Hall–Kier alpha value is -1.75. The summed E-state index contributed by atoms with van der Waals surface area (Å²) in [7, 11) is 3.48. The summed E-state index contributed by atoms with van der Waals surface area (Å²) in [6.45, 7) is 8.43. The maximum Gasteiger partial charge on any atom is 0.329 e. The van der Waals surface area contributed by atoms with E-state index < -0.39 is 0 Å². The number of nitrogens with zero attached hydrogens (tertiary/aromatic N) is 1. The average Bonchev–Trinajstić information content (AvgIpc) is 2.27. The lowest BCUT2D eigenvalue weighted by atomic mass is 9.84. The number of carbonyl (C=O) groups is 1. The van der Waals surface area contributed by atoms with Crippen molar-refractivity contribution in [3.63, 3.8) is 0 Å². The summed E-state index contributed by atoms with van der Waals surface area (Å²) in [4.78, 5) is 11.6. The minimum Gasteiger partial charge on any atom is -0.507 e. The van der Waals surface area contributed by atoms with Crippen LogP contribution in [0.25, 0.3) is 0 Å². The lowest BCUT2D eigenvalue weighted by molar-refractivity contribution is 0.212. The number of hydrogen-bond donors (Lipinski definition) is 3. The van der Waals surface area contributed by atoms with E-state index in [2.05, 4.69) is 31.5 Å². The minimum atomic E-state index is -0.298. The SMILES string of the molecule is Cc1cc(CNC(=O)NN(C)C)c(O)c(C(C)(C)C)c1. The van der Waals surface area contributed by atoms with Crippen molar-refractivity contribution < 1.29 is 9.90 Å². The second-order valence-corrected chi connectivity index (χ2v) is 6.26. The molecule has 1 aromatic carbocycles. The molecule has 0 saturated heterocycles. The Balaban J connectivity index is 2.91. The molecule has 0 aromatic heterocycles. The molecule has 0 spiro atoms. The van der Waals surface area contributed by atoms with Crippen molar-refractivity contribution in [2.45, 2.75) is 39.7 Å². The third-order valence-corrected chi connectivity index (χ3v) is 2.91. The third-order valence-electron chi connectivity index (χ3n) is 2.91. The topological polar surface area (TPSA) is 64.6 Å². The fourth-order valence-electron chi connectivity index (χ4n) is 1.98. The Kier molecular flexibility index (Phi) is 5.00. The molecule has 5 nitrogen and oxygen atoms in total.